The van der Waals surface area contributed by atoms with Crippen LogP contribution in [-0.2, 0) is 9.47 Å². The van der Waals surface area contributed by atoms with Crippen LogP contribution in [0.2, 0.25) is 0 Å². The van der Waals surface area contributed by atoms with Crippen molar-refractivity contribution in [2.75, 3.05) is 26.6 Å². The van der Waals surface area contributed by atoms with Gasteiger partial charge in [0.2, 0.25) is 0 Å². The first kappa shape index (κ1) is 6.99. The Morgan fingerprint density at radius 1 is 1.67 bits per heavy atom. The van der Waals surface area contributed by atoms with E-state index in [1.807, 2.05) is 0 Å². The van der Waals surface area contributed by atoms with Crippen LogP contribution in [0.4, 0.5) is 0 Å². The highest BCUT2D eigenvalue weighted by Gasteiger charge is 2.33. The van der Waals surface area contributed by atoms with Gasteiger partial charge in [0.25, 0.3) is 0 Å². The van der Waals surface area contributed by atoms with Crippen LogP contribution in [0.3, 0.4) is 0 Å². The minimum atomic E-state index is -0.185. The van der Waals surface area contributed by atoms with Gasteiger partial charge in [-0.25, -0.2) is 0 Å². The van der Waals surface area contributed by atoms with E-state index in [9.17, 15) is 0 Å². The van der Waals surface area contributed by atoms with E-state index in [-0.39, 0.29) is 12.2 Å². The van der Waals surface area contributed by atoms with Crippen LogP contribution in [0.1, 0.15) is 6.92 Å². The van der Waals surface area contributed by atoms with Gasteiger partial charge in [0.05, 0.1) is 19.8 Å². The standard InChI is InChI=1S/C6H12O3/c1-6(2-8-3-6)4-9-5-7/h7H,2-5H2,1H3. The summed E-state index contributed by atoms with van der Waals surface area (Å²) >= 11 is 0. The molecule has 0 saturated carbocycles. The Balaban J connectivity index is 2.09. The number of aliphatic hydroxyl groups excluding tert-OH is 1. The molecule has 0 amide bonds. The highest BCUT2D eigenvalue weighted by atomic mass is 16.6. The lowest BCUT2D eigenvalue weighted by Crippen LogP contribution is -2.43. The number of rotatable bonds is 3. The summed E-state index contributed by atoms with van der Waals surface area (Å²) in [7, 11) is 0. The van der Waals surface area contributed by atoms with Crippen molar-refractivity contribution >= 4 is 0 Å². The highest BCUT2D eigenvalue weighted by Crippen LogP contribution is 2.26. The molecule has 0 bridgehead atoms. The Hall–Kier alpha value is -0.120. The fourth-order valence-electron chi connectivity index (χ4n) is 0.826. The van der Waals surface area contributed by atoms with Crippen molar-refractivity contribution in [2.45, 2.75) is 6.92 Å². The van der Waals surface area contributed by atoms with Crippen LogP contribution in [0, 0.1) is 5.41 Å². The van der Waals surface area contributed by atoms with Gasteiger partial charge >= 0.3 is 0 Å². The first-order chi connectivity index (χ1) is 4.27. The van der Waals surface area contributed by atoms with Crippen molar-refractivity contribution in [3.05, 3.63) is 0 Å². The van der Waals surface area contributed by atoms with Gasteiger partial charge in [-0.2, -0.15) is 0 Å². The molecule has 0 radical (unpaired) electrons. The molecular formula is C6H12O3. The lowest BCUT2D eigenvalue weighted by Gasteiger charge is -2.37. The summed E-state index contributed by atoms with van der Waals surface area (Å²) in [5.74, 6) is 0. The molecule has 3 nitrogen and oxygen atoms in total. The van der Waals surface area contributed by atoms with Crippen molar-refractivity contribution in [3.8, 4) is 0 Å². The molecule has 1 aliphatic heterocycles. The average Bonchev–Trinajstić information content (AvgIpc) is 1.79. The Kier molecular flexibility index (Phi) is 2.05. The zero-order valence-corrected chi connectivity index (χ0v) is 5.59. The second-order valence-corrected chi connectivity index (χ2v) is 2.78. The predicted octanol–water partition coefficient (Wildman–Crippen LogP) is -0.0107. The zero-order chi connectivity index (χ0) is 6.74. The van der Waals surface area contributed by atoms with Gasteiger partial charge in [0.15, 0.2) is 0 Å². The van der Waals surface area contributed by atoms with Gasteiger partial charge in [-0.1, -0.05) is 6.92 Å². The van der Waals surface area contributed by atoms with E-state index in [1.165, 1.54) is 0 Å². The number of ether oxygens (including phenoxy) is 2. The van der Waals surface area contributed by atoms with Crippen LogP contribution in [0.25, 0.3) is 0 Å². The minimum Gasteiger partial charge on any atom is -0.380 e. The molecule has 0 unspecified atom stereocenters. The smallest absolute Gasteiger partial charge is 0.143 e. The highest BCUT2D eigenvalue weighted by molar-refractivity contribution is 4.79. The van der Waals surface area contributed by atoms with E-state index in [2.05, 4.69) is 6.92 Å². The molecule has 54 valence electrons. The van der Waals surface area contributed by atoms with Crippen molar-refractivity contribution in [1.29, 1.82) is 0 Å². The predicted molar refractivity (Wildman–Crippen MR) is 32.0 cm³/mol. The normalized spacial score (nSPS) is 23.3. The summed E-state index contributed by atoms with van der Waals surface area (Å²) in [6, 6.07) is 0. The summed E-state index contributed by atoms with van der Waals surface area (Å²) in [6.45, 7) is 4.01. The van der Waals surface area contributed by atoms with Gasteiger partial charge in [0.1, 0.15) is 6.79 Å². The van der Waals surface area contributed by atoms with Crippen LogP contribution in [0.15, 0.2) is 0 Å². The third kappa shape index (κ3) is 1.64. The summed E-state index contributed by atoms with van der Waals surface area (Å²) in [4.78, 5) is 0. The summed E-state index contributed by atoms with van der Waals surface area (Å²) in [6.07, 6.45) is 0. The molecular weight excluding hydrogens is 120 g/mol. The topological polar surface area (TPSA) is 38.7 Å². The molecule has 0 aromatic rings. The van der Waals surface area contributed by atoms with Crippen LogP contribution in [0.5, 0.6) is 0 Å². The van der Waals surface area contributed by atoms with E-state index in [0.29, 0.717) is 6.61 Å². The number of hydrogen-bond acceptors (Lipinski definition) is 3. The molecule has 1 heterocycles. The molecule has 0 aromatic carbocycles. The van der Waals surface area contributed by atoms with E-state index in [4.69, 9.17) is 14.6 Å². The van der Waals surface area contributed by atoms with E-state index in [1.54, 1.807) is 0 Å². The SMILES string of the molecule is CC1(COCO)COC1. The molecule has 1 aliphatic rings. The molecule has 9 heavy (non-hydrogen) atoms. The Labute approximate surface area is 54.6 Å². The third-order valence-corrected chi connectivity index (χ3v) is 1.44. The lowest BCUT2D eigenvalue weighted by molar-refractivity contribution is -0.154. The number of hydrogen-bond donors (Lipinski definition) is 1. The van der Waals surface area contributed by atoms with Gasteiger partial charge in [0, 0.05) is 5.41 Å². The van der Waals surface area contributed by atoms with Crippen LogP contribution < -0.4 is 0 Å². The maximum Gasteiger partial charge on any atom is 0.143 e. The monoisotopic (exact) mass is 132 g/mol. The second kappa shape index (κ2) is 2.64. The molecule has 1 saturated heterocycles. The summed E-state index contributed by atoms with van der Waals surface area (Å²) in [5.41, 5.74) is 0.169. The van der Waals surface area contributed by atoms with Crippen molar-refractivity contribution in [3.63, 3.8) is 0 Å². The molecule has 1 fully saturated rings. The fourth-order valence-corrected chi connectivity index (χ4v) is 0.826. The van der Waals surface area contributed by atoms with Crippen LogP contribution >= 0.6 is 0 Å². The fraction of sp³-hybridized carbons (Fsp3) is 1.00. The van der Waals surface area contributed by atoms with E-state index in [0.717, 1.165) is 13.2 Å². The van der Waals surface area contributed by atoms with Crippen molar-refractivity contribution < 1.29 is 14.6 Å². The van der Waals surface area contributed by atoms with E-state index >= 15 is 0 Å². The molecule has 0 spiro atoms. The van der Waals surface area contributed by atoms with Gasteiger partial charge in [-0.15, -0.1) is 0 Å². The zero-order valence-electron chi connectivity index (χ0n) is 5.59. The van der Waals surface area contributed by atoms with E-state index < -0.39 is 0 Å². The first-order valence-corrected chi connectivity index (χ1v) is 3.03. The summed E-state index contributed by atoms with van der Waals surface area (Å²) < 4.78 is 9.79. The van der Waals surface area contributed by atoms with Gasteiger partial charge in [-0.3, -0.25) is 0 Å². The molecule has 0 atom stereocenters. The van der Waals surface area contributed by atoms with Crippen molar-refractivity contribution in [2.24, 2.45) is 5.41 Å². The largest absolute Gasteiger partial charge is 0.380 e. The maximum absolute atomic E-state index is 8.29. The maximum atomic E-state index is 8.29. The first-order valence-electron chi connectivity index (χ1n) is 3.03. The van der Waals surface area contributed by atoms with Crippen LogP contribution in [-0.4, -0.2) is 31.7 Å². The molecule has 0 aromatic heterocycles. The minimum absolute atomic E-state index is 0.169. The lowest BCUT2D eigenvalue weighted by atomic mass is 9.90. The average molecular weight is 132 g/mol. The molecule has 3 heteroatoms. The number of aliphatic hydroxyl groups is 1. The van der Waals surface area contributed by atoms with Gasteiger partial charge < -0.3 is 14.6 Å². The van der Waals surface area contributed by atoms with Crippen molar-refractivity contribution in [1.82, 2.24) is 0 Å². The summed E-state index contributed by atoms with van der Waals surface area (Å²) in [5, 5.41) is 8.29. The second-order valence-electron chi connectivity index (χ2n) is 2.78. The quantitative estimate of drug-likeness (QED) is 0.549. The Morgan fingerprint density at radius 3 is 2.67 bits per heavy atom. The Bertz CT molecular complexity index is 88.3. The molecule has 1 N–H and O–H groups in total. The van der Waals surface area contributed by atoms with Gasteiger partial charge in [-0.05, 0) is 0 Å². The molecule has 1 rings (SSSR count). The third-order valence-electron chi connectivity index (χ3n) is 1.44. The Morgan fingerprint density at radius 2 is 2.33 bits per heavy atom. The molecule has 0 aliphatic carbocycles.